The summed E-state index contributed by atoms with van der Waals surface area (Å²) in [5.41, 5.74) is 2.01. The van der Waals surface area contributed by atoms with Gasteiger partial charge in [-0.25, -0.2) is 0 Å². The van der Waals surface area contributed by atoms with Crippen molar-refractivity contribution in [3.63, 3.8) is 0 Å². The van der Waals surface area contributed by atoms with Gasteiger partial charge in [0.05, 0.1) is 18.2 Å². The van der Waals surface area contributed by atoms with E-state index in [2.05, 4.69) is 11.2 Å². The van der Waals surface area contributed by atoms with Gasteiger partial charge in [-0.15, -0.1) is 0 Å². The van der Waals surface area contributed by atoms with Crippen molar-refractivity contribution in [2.45, 2.75) is 18.9 Å². The van der Waals surface area contributed by atoms with Crippen molar-refractivity contribution in [2.75, 3.05) is 0 Å². The van der Waals surface area contributed by atoms with Crippen LogP contribution in [0.15, 0.2) is 35.5 Å². The number of benzene rings is 1. The molecule has 3 heteroatoms. The number of hydrogen-bond acceptors (Lipinski definition) is 3. The lowest BCUT2D eigenvalue weighted by atomic mass is 10.0. The predicted octanol–water partition coefficient (Wildman–Crippen LogP) is 2.09. The average molecular weight is 186 g/mol. The van der Waals surface area contributed by atoms with Crippen LogP contribution < -0.4 is 0 Å². The Balaban J connectivity index is 2.06. The topological polar surface area (TPSA) is 45.4 Å². The minimum Gasteiger partial charge on any atom is -0.391 e. The Labute approximate surface area is 82.6 Å². The molecular weight excluding hydrogens is 176 g/mol. The molecule has 0 N–H and O–H groups in total. The van der Waals surface area contributed by atoms with Gasteiger partial charge in [0.25, 0.3) is 0 Å². The summed E-state index contributed by atoms with van der Waals surface area (Å²) in [6.45, 7) is 0. The SMILES string of the molecule is N#CCC1CC(c2ccccc2)=NO1. The predicted molar refractivity (Wildman–Crippen MR) is 52.7 cm³/mol. The van der Waals surface area contributed by atoms with Crippen LogP contribution in [-0.2, 0) is 4.84 Å². The van der Waals surface area contributed by atoms with Crippen LogP contribution in [0.3, 0.4) is 0 Å². The van der Waals surface area contributed by atoms with E-state index in [-0.39, 0.29) is 6.10 Å². The lowest BCUT2D eigenvalue weighted by Crippen LogP contribution is -2.06. The van der Waals surface area contributed by atoms with Gasteiger partial charge in [0.1, 0.15) is 6.10 Å². The van der Waals surface area contributed by atoms with Crippen molar-refractivity contribution >= 4 is 5.71 Å². The second-order valence-corrected chi connectivity index (χ2v) is 3.20. The van der Waals surface area contributed by atoms with Gasteiger partial charge in [-0.1, -0.05) is 35.5 Å². The minimum absolute atomic E-state index is 0.0600. The molecule has 0 radical (unpaired) electrons. The molecule has 1 aromatic rings. The molecule has 2 rings (SSSR count). The standard InChI is InChI=1S/C11H10N2O/c12-7-6-10-8-11(13-14-10)9-4-2-1-3-5-9/h1-5,10H,6,8H2. The van der Waals surface area contributed by atoms with Gasteiger partial charge in [-0.05, 0) is 5.56 Å². The van der Waals surface area contributed by atoms with Gasteiger partial charge < -0.3 is 4.84 Å². The Morgan fingerprint density at radius 2 is 2.21 bits per heavy atom. The number of rotatable bonds is 2. The molecule has 0 bridgehead atoms. The van der Waals surface area contributed by atoms with E-state index >= 15 is 0 Å². The fourth-order valence-corrected chi connectivity index (χ4v) is 1.44. The Bertz CT molecular complexity index is 378. The van der Waals surface area contributed by atoms with E-state index in [4.69, 9.17) is 10.1 Å². The zero-order valence-electron chi connectivity index (χ0n) is 7.68. The van der Waals surface area contributed by atoms with Crippen LogP contribution in [0.1, 0.15) is 18.4 Å². The van der Waals surface area contributed by atoms with Crippen LogP contribution in [0, 0.1) is 11.3 Å². The molecule has 0 fully saturated rings. The third-order valence-electron chi connectivity index (χ3n) is 2.16. The van der Waals surface area contributed by atoms with E-state index in [1.54, 1.807) is 0 Å². The lowest BCUT2D eigenvalue weighted by molar-refractivity contribution is 0.0891. The molecule has 1 unspecified atom stereocenters. The zero-order valence-corrected chi connectivity index (χ0v) is 7.68. The van der Waals surface area contributed by atoms with E-state index in [0.29, 0.717) is 6.42 Å². The van der Waals surface area contributed by atoms with Crippen molar-refractivity contribution in [3.05, 3.63) is 35.9 Å². The highest BCUT2D eigenvalue weighted by molar-refractivity contribution is 6.01. The quantitative estimate of drug-likeness (QED) is 0.709. The molecule has 0 spiro atoms. The Kier molecular flexibility index (Phi) is 2.46. The van der Waals surface area contributed by atoms with E-state index < -0.39 is 0 Å². The van der Waals surface area contributed by atoms with Crippen molar-refractivity contribution in [1.29, 1.82) is 5.26 Å². The molecule has 14 heavy (non-hydrogen) atoms. The third kappa shape index (κ3) is 1.74. The first-order chi connectivity index (χ1) is 6.90. The summed E-state index contributed by atoms with van der Waals surface area (Å²) in [6.07, 6.45) is 1.08. The molecule has 0 aliphatic carbocycles. The van der Waals surface area contributed by atoms with Crippen LogP contribution >= 0.6 is 0 Å². The summed E-state index contributed by atoms with van der Waals surface area (Å²) >= 11 is 0. The van der Waals surface area contributed by atoms with E-state index in [1.165, 1.54) is 0 Å². The third-order valence-corrected chi connectivity index (χ3v) is 2.16. The van der Waals surface area contributed by atoms with E-state index in [0.717, 1.165) is 17.7 Å². The van der Waals surface area contributed by atoms with Crippen molar-refractivity contribution in [1.82, 2.24) is 0 Å². The first-order valence-electron chi connectivity index (χ1n) is 4.55. The fraction of sp³-hybridized carbons (Fsp3) is 0.273. The lowest BCUT2D eigenvalue weighted by Gasteiger charge is -2.00. The van der Waals surface area contributed by atoms with E-state index in [9.17, 15) is 0 Å². The molecule has 1 aliphatic heterocycles. The highest BCUT2D eigenvalue weighted by Crippen LogP contribution is 2.18. The van der Waals surface area contributed by atoms with Gasteiger partial charge in [0, 0.05) is 6.42 Å². The molecule has 1 aromatic carbocycles. The fourth-order valence-electron chi connectivity index (χ4n) is 1.44. The number of nitriles is 1. The Morgan fingerprint density at radius 3 is 2.93 bits per heavy atom. The first-order valence-corrected chi connectivity index (χ1v) is 4.55. The summed E-state index contributed by atoms with van der Waals surface area (Å²) in [5, 5.41) is 12.5. The second kappa shape index (κ2) is 3.93. The van der Waals surface area contributed by atoms with Gasteiger partial charge in [0.2, 0.25) is 0 Å². The molecule has 0 aromatic heterocycles. The number of oxime groups is 1. The van der Waals surface area contributed by atoms with Crippen molar-refractivity contribution in [3.8, 4) is 6.07 Å². The molecule has 3 nitrogen and oxygen atoms in total. The van der Waals surface area contributed by atoms with Crippen LogP contribution in [0.5, 0.6) is 0 Å². The number of hydrogen-bond donors (Lipinski definition) is 0. The van der Waals surface area contributed by atoms with Crippen LogP contribution in [-0.4, -0.2) is 11.8 Å². The molecule has 70 valence electrons. The minimum atomic E-state index is -0.0600. The van der Waals surface area contributed by atoms with Gasteiger partial charge >= 0.3 is 0 Å². The first kappa shape index (κ1) is 8.76. The highest BCUT2D eigenvalue weighted by Gasteiger charge is 2.21. The highest BCUT2D eigenvalue weighted by atomic mass is 16.6. The largest absolute Gasteiger partial charge is 0.391 e. The van der Waals surface area contributed by atoms with Gasteiger partial charge in [0.15, 0.2) is 0 Å². The van der Waals surface area contributed by atoms with Crippen molar-refractivity contribution < 1.29 is 4.84 Å². The molecule has 0 amide bonds. The normalized spacial score (nSPS) is 19.6. The molecule has 1 aliphatic rings. The monoisotopic (exact) mass is 186 g/mol. The zero-order chi connectivity index (χ0) is 9.80. The molecule has 1 heterocycles. The maximum atomic E-state index is 8.50. The second-order valence-electron chi connectivity index (χ2n) is 3.20. The van der Waals surface area contributed by atoms with Gasteiger partial charge in [-0.3, -0.25) is 0 Å². The summed E-state index contributed by atoms with van der Waals surface area (Å²) in [5.74, 6) is 0. The average Bonchev–Trinajstić information content (AvgIpc) is 2.68. The van der Waals surface area contributed by atoms with Crippen molar-refractivity contribution in [2.24, 2.45) is 5.16 Å². The molecule has 1 atom stereocenters. The molecule has 0 saturated carbocycles. The van der Waals surface area contributed by atoms with Crippen LogP contribution in [0.4, 0.5) is 0 Å². The Morgan fingerprint density at radius 1 is 1.43 bits per heavy atom. The Hall–Kier alpha value is -1.82. The van der Waals surface area contributed by atoms with Crippen LogP contribution in [0.25, 0.3) is 0 Å². The molecule has 0 saturated heterocycles. The summed E-state index contributed by atoms with van der Waals surface area (Å²) in [7, 11) is 0. The molecular formula is C11H10N2O. The maximum absolute atomic E-state index is 8.50. The summed E-state index contributed by atoms with van der Waals surface area (Å²) < 4.78 is 0. The number of nitrogens with zero attached hydrogens (tertiary/aromatic N) is 2. The summed E-state index contributed by atoms with van der Waals surface area (Å²) in [6, 6.07) is 12.0. The van der Waals surface area contributed by atoms with E-state index in [1.807, 2.05) is 30.3 Å². The maximum Gasteiger partial charge on any atom is 0.146 e. The smallest absolute Gasteiger partial charge is 0.146 e. The van der Waals surface area contributed by atoms with Crippen LogP contribution in [0.2, 0.25) is 0 Å². The summed E-state index contributed by atoms with van der Waals surface area (Å²) in [4.78, 5) is 5.13. The van der Waals surface area contributed by atoms with Gasteiger partial charge in [-0.2, -0.15) is 5.26 Å².